The Balaban J connectivity index is 2.09. The van der Waals surface area contributed by atoms with E-state index in [1.165, 1.54) is 6.42 Å². The molecule has 3 heteroatoms. The Bertz CT molecular complexity index is 221. The molecule has 0 aliphatic rings. The van der Waals surface area contributed by atoms with Gasteiger partial charge in [0, 0.05) is 12.4 Å². The smallest absolute Gasteiger partial charge is 0.120 e. The fraction of sp³-hybridized carbons (Fsp3) is 0.700. The molecule has 1 aromatic rings. The molecule has 13 heavy (non-hydrogen) atoms. The standard InChI is InChI=1S/C10H19N3/c1-10(2,3)4-5-11-8-9-12-6-7-13-9/h6-7,11H,4-5,8H2,1-3H3,(H,12,13). The van der Waals surface area contributed by atoms with Crippen LogP contribution < -0.4 is 5.32 Å². The summed E-state index contributed by atoms with van der Waals surface area (Å²) in [6, 6.07) is 0. The van der Waals surface area contributed by atoms with Crippen LogP contribution in [0, 0.1) is 5.41 Å². The fourth-order valence-electron chi connectivity index (χ4n) is 1.06. The van der Waals surface area contributed by atoms with Gasteiger partial charge in [0.1, 0.15) is 5.82 Å². The van der Waals surface area contributed by atoms with E-state index < -0.39 is 0 Å². The summed E-state index contributed by atoms with van der Waals surface area (Å²) >= 11 is 0. The first-order valence-electron chi connectivity index (χ1n) is 4.77. The minimum atomic E-state index is 0.413. The molecule has 1 heterocycles. The van der Waals surface area contributed by atoms with Gasteiger partial charge in [-0.3, -0.25) is 0 Å². The maximum absolute atomic E-state index is 4.13. The summed E-state index contributed by atoms with van der Waals surface area (Å²) < 4.78 is 0. The van der Waals surface area contributed by atoms with Crippen LogP contribution in [-0.4, -0.2) is 16.5 Å². The van der Waals surface area contributed by atoms with Crippen LogP contribution in [0.3, 0.4) is 0 Å². The summed E-state index contributed by atoms with van der Waals surface area (Å²) in [5, 5.41) is 3.35. The zero-order chi connectivity index (χ0) is 9.73. The molecule has 1 aromatic heterocycles. The van der Waals surface area contributed by atoms with Gasteiger partial charge in [-0.2, -0.15) is 0 Å². The van der Waals surface area contributed by atoms with Crippen molar-refractivity contribution in [1.82, 2.24) is 15.3 Å². The number of hydrogen-bond donors (Lipinski definition) is 2. The van der Waals surface area contributed by atoms with Crippen molar-refractivity contribution < 1.29 is 0 Å². The summed E-state index contributed by atoms with van der Waals surface area (Å²) in [5.74, 6) is 1.01. The van der Waals surface area contributed by atoms with Crippen LogP contribution in [0.4, 0.5) is 0 Å². The first-order valence-corrected chi connectivity index (χ1v) is 4.77. The minimum Gasteiger partial charge on any atom is -0.348 e. The highest BCUT2D eigenvalue weighted by Crippen LogP contribution is 2.16. The second-order valence-electron chi connectivity index (χ2n) is 4.52. The van der Waals surface area contributed by atoms with Gasteiger partial charge in [0.2, 0.25) is 0 Å². The first-order chi connectivity index (χ1) is 6.08. The highest BCUT2D eigenvalue weighted by molar-refractivity contribution is 4.85. The number of aromatic amines is 1. The second-order valence-corrected chi connectivity index (χ2v) is 4.52. The van der Waals surface area contributed by atoms with Gasteiger partial charge in [-0.05, 0) is 18.4 Å². The maximum Gasteiger partial charge on any atom is 0.120 e. The number of nitrogens with one attached hydrogen (secondary N) is 2. The largest absolute Gasteiger partial charge is 0.348 e. The molecule has 0 saturated carbocycles. The molecule has 0 aliphatic heterocycles. The molecule has 0 fully saturated rings. The lowest BCUT2D eigenvalue weighted by atomic mass is 9.92. The van der Waals surface area contributed by atoms with E-state index >= 15 is 0 Å². The van der Waals surface area contributed by atoms with Gasteiger partial charge in [0.15, 0.2) is 0 Å². The Labute approximate surface area is 80.0 Å². The number of aromatic nitrogens is 2. The minimum absolute atomic E-state index is 0.413. The van der Waals surface area contributed by atoms with Crippen LogP contribution in [0.2, 0.25) is 0 Å². The van der Waals surface area contributed by atoms with Crippen molar-refractivity contribution in [2.45, 2.75) is 33.7 Å². The zero-order valence-corrected chi connectivity index (χ0v) is 8.72. The molecule has 0 bridgehead atoms. The van der Waals surface area contributed by atoms with E-state index in [4.69, 9.17) is 0 Å². The number of nitrogens with zero attached hydrogens (tertiary/aromatic N) is 1. The van der Waals surface area contributed by atoms with E-state index in [-0.39, 0.29) is 0 Å². The van der Waals surface area contributed by atoms with Crippen LogP contribution in [0.15, 0.2) is 12.4 Å². The molecule has 0 atom stereocenters. The monoisotopic (exact) mass is 181 g/mol. The highest BCUT2D eigenvalue weighted by Gasteiger charge is 2.08. The summed E-state index contributed by atoms with van der Waals surface area (Å²) in [6.45, 7) is 8.64. The lowest BCUT2D eigenvalue weighted by Gasteiger charge is -2.17. The molecule has 0 saturated heterocycles. The molecule has 0 aliphatic carbocycles. The fourth-order valence-corrected chi connectivity index (χ4v) is 1.06. The topological polar surface area (TPSA) is 40.7 Å². The van der Waals surface area contributed by atoms with Crippen molar-refractivity contribution in [2.75, 3.05) is 6.54 Å². The summed E-state index contributed by atoms with van der Waals surface area (Å²) in [4.78, 5) is 7.19. The quantitative estimate of drug-likeness (QED) is 0.697. The van der Waals surface area contributed by atoms with Gasteiger partial charge in [0.05, 0.1) is 6.54 Å². The van der Waals surface area contributed by atoms with Crippen molar-refractivity contribution >= 4 is 0 Å². The van der Waals surface area contributed by atoms with Gasteiger partial charge < -0.3 is 10.3 Å². The molecule has 0 spiro atoms. The van der Waals surface area contributed by atoms with Gasteiger partial charge in [-0.15, -0.1) is 0 Å². The summed E-state index contributed by atoms with van der Waals surface area (Å²) in [6.07, 6.45) is 4.81. The van der Waals surface area contributed by atoms with E-state index in [0.717, 1.165) is 18.9 Å². The second kappa shape index (κ2) is 4.42. The molecule has 1 rings (SSSR count). The van der Waals surface area contributed by atoms with Gasteiger partial charge >= 0.3 is 0 Å². The SMILES string of the molecule is CC(C)(C)CCNCc1ncc[nH]1. The van der Waals surface area contributed by atoms with Gasteiger partial charge in [-0.1, -0.05) is 20.8 Å². The van der Waals surface area contributed by atoms with E-state index in [0.29, 0.717) is 5.41 Å². The van der Waals surface area contributed by atoms with E-state index in [1.54, 1.807) is 6.20 Å². The van der Waals surface area contributed by atoms with Gasteiger partial charge in [-0.25, -0.2) is 4.98 Å². The predicted octanol–water partition coefficient (Wildman–Crippen LogP) is 1.94. The van der Waals surface area contributed by atoms with Crippen molar-refractivity contribution in [3.8, 4) is 0 Å². The Hall–Kier alpha value is -0.830. The van der Waals surface area contributed by atoms with Crippen molar-refractivity contribution in [2.24, 2.45) is 5.41 Å². The molecule has 0 amide bonds. The average Bonchev–Trinajstić information content (AvgIpc) is 2.48. The molecule has 3 nitrogen and oxygen atoms in total. The van der Waals surface area contributed by atoms with E-state index in [2.05, 4.69) is 36.1 Å². The lowest BCUT2D eigenvalue weighted by molar-refractivity contribution is 0.366. The summed E-state index contributed by atoms with van der Waals surface area (Å²) in [7, 11) is 0. The Morgan fingerprint density at radius 2 is 2.23 bits per heavy atom. The Morgan fingerprint density at radius 1 is 1.46 bits per heavy atom. The van der Waals surface area contributed by atoms with Crippen molar-refractivity contribution in [1.29, 1.82) is 0 Å². The highest BCUT2D eigenvalue weighted by atomic mass is 15.0. The van der Waals surface area contributed by atoms with Gasteiger partial charge in [0.25, 0.3) is 0 Å². The third-order valence-corrected chi connectivity index (χ3v) is 1.90. The number of hydrogen-bond acceptors (Lipinski definition) is 2. The number of rotatable bonds is 4. The maximum atomic E-state index is 4.13. The normalized spacial score (nSPS) is 11.9. The van der Waals surface area contributed by atoms with Crippen molar-refractivity contribution in [3.63, 3.8) is 0 Å². The molecule has 74 valence electrons. The average molecular weight is 181 g/mol. The lowest BCUT2D eigenvalue weighted by Crippen LogP contribution is -2.20. The van der Waals surface area contributed by atoms with Crippen LogP contribution >= 0.6 is 0 Å². The van der Waals surface area contributed by atoms with Crippen molar-refractivity contribution in [3.05, 3.63) is 18.2 Å². The zero-order valence-electron chi connectivity index (χ0n) is 8.72. The van der Waals surface area contributed by atoms with E-state index in [1.807, 2.05) is 6.20 Å². The Morgan fingerprint density at radius 3 is 2.77 bits per heavy atom. The first kappa shape index (κ1) is 10.3. The van der Waals surface area contributed by atoms with Crippen LogP contribution in [0.5, 0.6) is 0 Å². The Kier molecular flexibility index (Phi) is 3.48. The van der Waals surface area contributed by atoms with Crippen LogP contribution in [0.1, 0.15) is 33.0 Å². The van der Waals surface area contributed by atoms with E-state index in [9.17, 15) is 0 Å². The third-order valence-electron chi connectivity index (χ3n) is 1.90. The summed E-state index contributed by atoms with van der Waals surface area (Å²) in [5.41, 5.74) is 0.413. The molecule has 0 unspecified atom stereocenters. The van der Waals surface area contributed by atoms with Crippen LogP contribution in [-0.2, 0) is 6.54 Å². The third kappa shape index (κ3) is 4.68. The molecular weight excluding hydrogens is 162 g/mol. The molecule has 0 radical (unpaired) electrons. The predicted molar refractivity (Wildman–Crippen MR) is 54.4 cm³/mol. The number of H-pyrrole nitrogens is 1. The molecule has 0 aromatic carbocycles. The van der Waals surface area contributed by atoms with Crippen LogP contribution in [0.25, 0.3) is 0 Å². The number of imidazole rings is 1. The molecule has 2 N–H and O–H groups in total. The molecular formula is C10H19N3.